The van der Waals surface area contributed by atoms with Crippen molar-refractivity contribution < 1.29 is 9.53 Å². The van der Waals surface area contributed by atoms with Gasteiger partial charge in [-0.1, -0.05) is 0 Å². The summed E-state index contributed by atoms with van der Waals surface area (Å²) in [5.74, 6) is 0.697. The maximum Gasteiger partial charge on any atom is 0.266 e. The number of nitrogens with one attached hydrogen (secondary N) is 1. The van der Waals surface area contributed by atoms with Crippen molar-refractivity contribution in [3.8, 4) is 5.88 Å². The van der Waals surface area contributed by atoms with Gasteiger partial charge in [0, 0.05) is 30.8 Å². The van der Waals surface area contributed by atoms with Crippen molar-refractivity contribution in [1.29, 1.82) is 0 Å². The van der Waals surface area contributed by atoms with Gasteiger partial charge in [0.1, 0.15) is 0 Å². The highest BCUT2D eigenvalue weighted by Gasteiger charge is 2.25. The third-order valence-corrected chi connectivity index (χ3v) is 3.70. The molecule has 1 aliphatic carbocycles. The molecule has 7 heteroatoms. The quantitative estimate of drug-likeness (QED) is 0.858. The molecule has 1 fully saturated rings. The van der Waals surface area contributed by atoms with Crippen molar-refractivity contribution >= 4 is 5.91 Å². The molecule has 2 aromatic rings. The van der Waals surface area contributed by atoms with E-state index in [2.05, 4.69) is 15.4 Å². The zero-order chi connectivity index (χ0) is 16.2. The van der Waals surface area contributed by atoms with Crippen molar-refractivity contribution in [2.45, 2.75) is 25.3 Å². The molecule has 0 saturated heterocycles. The number of carbonyl (C=O) groups is 1. The summed E-state index contributed by atoms with van der Waals surface area (Å²) in [5.41, 5.74) is 1.24. The second kappa shape index (κ2) is 6.60. The van der Waals surface area contributed by atoms with Crippen LogP contribution in [0.5, 0.6) is 5.88 Å². The highest BCUT2D eigenvalue weighted by Crippen LogP contribution is 2.38. The van der Waals surface area contributed by atoms with Gasteiger partial charge >= 0.3 is 0 Å². The lowest BCUT2D eigenvalue weighted by molar-refractivity contribution is 0.0951. The van der Waals surface area contributed by atoms with Gasteiger partial charge in [-0.15, -0.1) is 0 Å². The van der Waals surface area contributed by atoms with E-state index in [1.807, 2.05) is 0 Å². The van der Waals surface area contributed by atoms with E-state index in [1.54, 1.807) is 18.2 Å². The van der Waals surface area contributed by atoms with E-state index in [1.165, 1.54) is 24.1 Å². The highest BCUT2D eigenvalue weighted by atomic mass is 16.5. The molecular formula is C16H18N4O3. The Hall–Kier alpha value is -2.70. The lowest BCUT2D eigenvalue weighted by atomic mass is 10.2. The Morgan fingerprint density at radius 2 is 2.17 bits per heavy atom. The van der Waals surface area contributed by atoms with E-state index in [4.69, 9.17) is 4.74 Å². The van der Waals surface area contributed by atoms with Crippen LogP contribution in [0.4, 0.5) is 0 Å². The van der Waals surface area contributed by atoms with Gasteiger partial charge in [0.15, 0.2) is 0 Å². The molecular weight excluding hydrogens is 296 g/mol. The standard InChI is InChI=1S/C16H18N4O3/c1-23-14-6-4-12(10-18-14)16(22)17-8-9-20-15(21)7-5-13(19-20)11-2-3-11/h4-7,10-11H,2-3,8-9H2,1H3,(H,17,22). The van der Waals surface area contributed by atoms with Crippen LogP contribution in [0.2, 0.25) is 0 Å². The molecule has 120 valence electrons. The van der Waals surface area contributed by atoms with E-state index < -0.39 is 0 Å². The fourth-order valence-corrected chi connectivity index (χ4v) is 2.23. The minimum absolute atomic E-state index is 0.158. The van der Waals surface area contributed by atoms with Gasteiger partial charge in [0.25, 0.3) is 11.5 Å². The number of ether oxygens (including phenoxy) is 1. The molecule has 7 nitrogen and oxygen atoms in total. The van der Waals surface area contributed by atoms with Gasteiger partial charge < -0.3 is 10.1 Å². The minimum atomic E-state index is -0.244. The Morgan fingerprint density at radius 1 is 1.35 bits per heavy atom. The average molecular weight is 314 g/mol. The Labute approximate surface area is 133 Å². The van der Waals surface area contributed by atoms with E-state index in [0.717, 1.165) is 18.5 Å². The molecule has 0 aromatic carbocycles. The summed E-state index contributed by atoms with van der Waals surface area (Å²) < 4.78 is 6.35. The summed E-state index contributed by atoms with van der Waals surface area (Å²) in [6.07, 6.45) is 3.71. The summed E-state index contributed by atoms with van der Waals surface area (Å²) in [6, 6.07) is 6.59. The van der Waals surface area contributed by atoms with Gasteiger partial charge in [0.05, 0.1) is 24.9 Å². The van der Waals surface area contributed by atoms with Crippen LogP contribution < -0.4 is 15.6 Å². The van der Waals surface area contributed by atoms with E-state index in [0.29, 0.717) is 30.5 Å². The van der Waals surface area contributed by atoms with Crippen LogP contribution >= 0.6 is 0 Å². The number of hydrogen-bond donors (Lipinski definition) is 1. The molecule has 0 aliphatic heterocycles. The smallest absolute Gasteiger partial charge is 0.266 e. The van der Waals surface area contributed by atoms with Gasteiger partial charge in [-0.3, -0.25) is 9.59 Å². The Morgan fingerprint density at radius 3 is 2.83 bits per heavy atom. The van der Waals surface area contributed by atoms with Crippen LogP contribution in [0, 0.1) is 0 Å². The summed E-state index contributed by atoms with van der Waals surface area (Å²) in [7, 11) is 1.52. The zero-order valence-corrected chi connectivity index (χ0v) is 12.9. The fraction of sp³-hybridized carbons (Fsp3) is 0.375. The van der Waals surface area contributed by atoms with Crippen LogP contribution in [0.15, 0.2) is 35.3 Å². The predicted molar refractivity (Wildman–Crippen MR) is 83.6 cm³/mol. The van der Waals surface area contributed by atoms with Gasteiger partial charge in [-0.25, -0.2) is 9.67 Å². The Bertz CT molecular complexity index is 751. The molecule has 0 atom stereocenters. The monoisotopic (exact) mass is 314 g/mol. The number of hydrogen-bond acceptors (Lipinski definition) is 5. The van der Waals surface area contributed by atoms with E-state index >= 15 is 0 Å². The highest BCUT2D eigenvalue weighted by molar-refractivity contribution is 5.93. The molecule has 2 aromatic heterocycles. The van der Waals surface area contributed by atoms with E-state index in [9.17, 15) is 9.59 Å². The lowest BCUT2D eigenvalue weighted by Crippen LogP contribution is -2.32. The first-order valence-corrected chi connectivity index (χ1v) is 7.53. The van der Waals surface area contributed by atoms with Crippen LogP contribution in [0.3, 0.4) is 0 Å². The number of carbonyl (C=O) groups excluding carboxylic acids is 1. The van der Waals surface area contributed by atoms with E-state index in [-0.39, 0.29) is 11.5 Å². The summed E-state index contributed by atoms with van der Waals surface area (Å²) in [4.78, 5) is 27.8. The minimum Gasteiger partial charge on any atom is -0.481 e. The maximum absolute atomic E-state index is 12.0. The fourth-order valence-electron chi connectivity index (χ4n) is 2.23. The number of aromatic nitrogens is 3. The second-order valence-electron chi connectivity index (χ2n) is 5.44. The number of amides is 1. The molecule has 0 bridgehead atoms. The summed E-state index contributed by atoms with van der Waals surface area (Å²) >= 11 is 0. The van der Waals surface area contributed by atoms with Crippen molar-refractivity contribution in [3.63, 3.8) is 0 Å². The van der Waals surface area contributed by atoms with Crippen LogP contribution in [-0.4, -0.2) is 34.3 Å². The van der Waals surface area contributed by atoms with Crippen LogP contribution in [-0.2, 0) is 6.54 Å². The van der Waals surface area contributed by atoms with Gasteiger partial charge in [-0.05, 0) is 25.0 Å². The molecule has 1 saturated carbocycles. The first-order valence-electron chi connectivity index (χ1n) is 7.53. The van der Waals surface area contributed by atoms with Crippen molar-refractivity contribution in [2.75, 3.05) is 13.7 Å². The number of methoxy groups -OCH3 is 1. The maximum atomic E-state index is 12.0. The predicted octanol–water partition coefficient (Wildman–Crippen LogP) is 0.954. The molecule has 2 heterocycles. The number of nitrogens with zero attached hydrogens (tertiary/aromatic N) is 3. The Kier molecular flexibility index (Phi) is 4.36. The van der Waals surface area contributed by atoms with Crippen molar-refractivity contribution in [3.05, 3.63) is 52.1 Å². The van der Waals surface area contributed by atoms with Crippen LogP contribution in [0.25, 0.3) is 0 Å². The summed E-state index contributed by atoms with van der Waals surface area (Å²) in [5, 5.41) is 7.11. The molecule has 1 amide bonds. The largest absolute Gasteiger partial charge is 0.481 e. The molecule has 0 unspecified atom stereocenters. The molecule has 3 rings (SSSR count). The molecule has 1 aliphatic rings. The van der Waals surface area contributed by atoms with Gasteiger partial charge in [0.2, 0.25) is 5.88 Å². The van der Waals surface area contributed by atoms with Crippen molar-refractivity contribution in [2.24, 2.45) is 0 Å². The zero-order valence-electron chi connectivity index (χ0n) is 12.9. The summed E-state index contributed by atoms with van der Waals surface area (Å²) in [6.45, 7) is 0.667. The van der Waals surface area contributed by atoms with Gasteiger partial charge in [-0.2, -0.15) is 5.10 Å². The third kappa shape index (κ3) is 3.74. The molecule has 0 radical (unpaired) electrons. The average Bonchev–Trinajstić information content (AvgIpc) is 3.41. The third-order valence-electron chi connectivity index (χ3n) is 3.70. The normalized spacial score (nSPS) is 13.6. The second-order valence-corrected chi connectivity index (χ2v) is 5.44. The first kappa shape index (κ1) is 15.2. The SMILES string of the molecule is COc1ccc(C(=O)NCCn2nc(C3CC3)ccc2=O)cn1. The molecule has 1 N–H and O–H groups in total. The number of pyridine rings is 1. The molecule has 23 heavy (non-hydrogen) atoms. The van der Waals surface area contributed by atoms with Crippen LogP contribution in [0.1, 0.15) is 34.8 Å². The molecule has 0 spiro atoms. The lowest BCUT2D eigenvalue weighted by Gasteiger charge is -2.08. The number of rotatable bonds is 6. The topological polar surface area (TPSA) is 86.1 Å². The Balaban J connectivity index is 1.57. The van der Waals surface area contributed by atoms with Crippen molar-refractivity contribution in [1.82, 2.24) is 20.1 Å². The first-order chi connectivity index (χ1) is 11.2.